The van der Waals surface area contributed by atoms with Crippen LogP contribution < -0.4 is 11.1 Å². The van der Waals surface area contributed by atoms with Crippen LogP contribution in [0.2, 0.25) is 0 Å². The molecule has 1 aliphatic heterocycles. The molecule has 0 bridgehead atoms. The molecule has 0 saturated carbocycles. The number of rotatable bonds is 6. The molecule has 3 N–H and O–H groups in total. The molecule has 1 aromatic rings. The van der Waals surface area contributed by atoms with Crippen molar-refractivity contribution in [1.82, 2.24) is 10.2 Å². The zero-order valence-corrected chi connectivity index (χ0v) is 13.3. The van der Waals surface area contributed by atoms with Crippen LogP contribution in [0.4, 0.5) is 4.39 Å². The van der Waals surface area contributed by atoms with Crippen LogP contribution in [-0.4, -0.2) is 36.5 Å². The second-order valence-electron chi connectivity index (χ2n) is 6.06. The molecule has 1 atom stereocenters. The van der Waals surface area contributed by atoms with E-state index >= 15 is 0 Å². The molecule has 0 aliphatic carbocycles. The van der Waals surface area contributed by atoms with E-state index in [9.17, 15) is 9.18 Å². The summed E-state index contributed by atoms with van der Waals surface area (Å²) in [6.45, 7) is 4.11. The third-order valence-electron chi connectivity index (χ3n) is 4.32. The first-order chi connectivity index (χ1) is 10.6. The van der Waals surface area contributed by atoms with Gasteiger partial charge < -0.3 is 11.1 Å². The quantitative estimate of drug-likeness (QED) is 0.844. The lowest BCUT2D eigenvalue weighted by Gasteiger charge is -2.35. The summed E-state index contributed by atoms with van der Waals surface area (Å²) in [6, 6.07) is 5.48. The smallest absolute Gasteiger partial charge is 0.234 e. The van der Waals surface area contributed by atoms with Crippen LogP contribution in [0.1, 0.15) is 36.8 Å². The Morgan fingerprint density at radius 2 is 2.27 bits per heavy atom. The predicted molar refractivity (Wildman–Crippen MR) is 85.9 cm³/mol. The Kier molecular flexibility index (Phi) is 6.34. The lowest BCUT2D eigenvalue weighted by atomic mass is 9.99. The molecule has 22 heavy (non-hydrogen) atoms. The molecule has 1 unspecified atom stereocenters. The van der Waals surface area contributed by atoms with Crippen molar-refractivity contribution in [3.05, 3.63) is 35.1 Å². The summed E-state index contributed by atoms with van der Waals surface area (Å²) in [7, 11) is 0. The summed E-state index contributed by atoms with van der Waals surface area (Å²) in [4.78, 5) is 14.3. The van der Waals surface area contributed by atoms with Crippen LogP contribution in [0, 0.1) is 12.7 Å². The monoisotopic (exact) mass is 307 g/mol. The molecule has 2 rings (SSSR count). The topological polar surface area (TPSA) is 58.4 Å². The molecule has 1 aromatic carbocycles. The summed E-state index contributed by atoms with van der Waals surface area (Å²) in [5.41, 5.74) is 7.05. The van der Waals surface area contributed by atoms with Gasteiger partial charge in [-0.1, -0.05) is 18.6 Å². The summed E-state index contributed by atoms with van der Waals surface area (Å²) in [5.74, 6) is -0.240. The van der Waals surface area contributed by atoms with E-state index < -0.39 is 0 Å². The zero-order chi connectivity index (χ0) is 15.9. The van der Waals surface area contributed by atoms with Crippen molar-refractivity contribution < 1.29 is 9.18 Å². The van der Waals surface area contributed by atoms with Crippen LogP contribution in [-0.2, 0) is 11.3 Å². The number of halogens is 1. The zero-order valence-electron chi connectivity index (χ0n) is 13.3. The number of aryl methyl sites for hydroxylation is 1. The van der Waals surface area contributed by atoms with Crippen LogP contribution in [0.25, 0.3) is 0 Å². The van der Waals surface area contributed by atoms with Gasteiger partial charge in [0.25, 0.3) is 0 Å². The first kappa shape index (κ1) is 16.9. The van der Waals surface area contributed by atoms with Gasteiger partial charge in [0.1, 0.15) is 5.82 Å². The van der Waals surface area contributed by atoms with Crippen molar-refractivity contribution in [3.63, 3.8) is 0 Å². The third-order valence-corrected chi connectivity index (χ3v) is 4.32. The average molecular weight is 307 g/mol. The van der Waals surface area contributed by atoms with E-state index in [-0.39, 0.29) is 11.7 Å². The summed E-state index contributed by atoms with van der Waals surface area (Å²) >= 11 is 0. The van der Waals surface area contributed by atoms with E-state index in [0.29, 0.717) is 31.2 Å². The number of nitrogens with one attached hydrogen (secondary N) is 1. The third kappa shape index (κ3) is 4.78. The molecule has 1 saturated heterocycles. The normalized spacial score (nSPS) is 19.1. The Bertz CT molecular complexity index is 505. The Morgan fingerprint density at radius 1 is 1.45 bits per heavy atom. The summed E-state index contributed by atoms with van der Waals surface area (Å²) < 4.78 is 13.5. The van der Waals surface area contributed by atoms with Crippen LogP contribution >= 0.6 is 0 Å². The van der Waals surface area contributed by atoms with Gasteiger partial charge in [-0.05, 0) is 56.5 Å². The minimum atomic E-state index is -0.231. The number of carbonyl (C=O) groups excluding carboxylic acids is 1. The van der Waals surface area contributed by atoms with Gasteiger partial charge in [0.2, 0.25) is 5.91 Å². The van der Waals surface area contributed by atoms with Gasteiger partial charge in [0, 0.05) is 12.6 Å². The van der Waals surface area contributed by atoms with Crippen molar-refractivity contribution in [2.75, 3.05) is 19.6 Å². The molecule has 1 heterocycles. The van der Waals surface area contributed by atoms with Gasteiger partial charge in [-0.25, -0.2) is 4.39 Å². The van der Waals surface area contributed by atoms with Gasteiger partial charge >= 0.3 is 0 Å². The van der Waals surface area contributed by atoms with Crippen molar-refractivity contribution >= 4 is 5.91 Å². The van der Waals surface area contributed by atoms with Gasteiger partial charge in [0.05, 0.1) is 6.54 Å². The highest BCUT2D eigenvalue weighted by Gasteiger charge is 2.23. The highest BCUT2D eigenvalue weighted by Crippen LogP contribution is 2.18. The van der Waals surface area contributed by atoms with E-state index in [1.165, 1.54) is 12.5 Å². The number of likely N-dealkylation sites (tertiary alicyclic amines) is 1. The second kappa shape index (κ2) is 8.25. The number of carbonyl (C=O) groups is 1. The number of nitrogens with zero attached hydrogens (tertiary/aromatic N) is 1. The van der Waals surface area contributed by atoms with Gasteiger partial charge in [0.15, 0.2) is 0 Å². The summed E-state index contributed by atoms with van der Waals surface area (Å²) in [5, 5.41) is 2.88. The maximum absolute atomic E-state index is 13.5. The standard InChI is InChI=1S/C17H26FN3O/c1-13-5-6-14(10-16(13)18)11-20-17(22)12-21-9-3-2-4-15(21)7-8-19/h5-6,10,15H,2-4,7-9,11-12,19H2,1H3,(H,20,22). The maximum atomic E-state index is 13.5. The Labute approximate surface area is 131 Å². The van der Waals surface area contributed by atoms with E-state index in [4.69, 9.17) is 5.73 Å². The van der Waals surface area contributed by atoms with E-state index in [1.807, 2.05) is 6.07 Å². The second-order valence-corrected chi connectivity index (χ2v) is 6.06. The molecule has 5 heteroatoms. The molecule has 0 radical (unpaired) electrons. The van der Waals surface area contributed by atoms with E-state index in [2.05, 4.69) is 10.2 Å². The summed E-state index contributed by atoms with van der Waals surface area (Å²) in [6.07, 6.45) is 4.41. The first-order valence-corrected chi connectivity index (χ1v) is 8.06. The molecule has 1 aliphatic rings. The fourth-order valence-electron chi connectivity index (χ4n) is 2.97. The van der Waals surface area contributed by atoms with Crippen LogP contribution in [0.5, 0.6) is 0 Å². The maximum Gasteiger partial charge on any atom is 0.234 e. The number of nitrogens with two attached hydrogens (primary N) is 1. The molecule has 0 aromatic heterocycles. The molecule has 4 nitrogen and oxygen atoms in total. The van der Waals surface area contributed by atoms with E-state index in [1.54, 1.807) is 13.0 Å². The molecule has 1 fully saturated rings. The number of benzene rings is 1. The number of hydrogen-bond donors (Lipinski definition) is 2. The largest absolute Gasteiger partial charge is 0.351 e. The molecule has 1 amide bonds. The minimum absolute atomic E-state index is 0.00935. The number of amides is 1. The molecule has 0 spiro atoms. The molecular formula is C17H26FN3O. The van der Waals surface area contributed by atoms with Crippen molar-refractivity contribution in [3.8, 4) is 0 Å². The average Bonchev–Trinajstić information content (AvgIpc) is 2.51. The van der Waals surface area contributed by atoms with Gasteiger partial charge in [-0.2, -0.15) is 0 Å². The van der Waals surface area contributed by atoms with Crippen LogP contribution in [0.15, 0.2) is 18.2 Å². The van der Waals surface area contributed by atoms with Crippen molar-refractivity contribution in [2.24, 2.45) is 5.73 Å². The highest BCUT2D eigenvalue weighted by atomic mass is 19.1. The van der Waals surface area contributed by atoms with E-state index in [0.717, 1.165) is 31.4 Å². The minimum Gasteiger partial charge on any atom is -0.351 e. The fraction of sp³-hybridized carbons (Fsp3) is 0.588. The van der Waals surface area contributed by atoms with Crippen molar-refractivity contribution in [1.29, 1.82) is 0 Å². The Balaban J connectivity index is 1.82. The van der Waals surface area contributed by atoms with Crippen LogP contribution in [0.3, 0.4) is 0 Å². The first-order valence-electron chi connectivity index (χ1n) is 8.06. The van der Waals surface area contributed by atoms with Gasteiger partial charge in [-0.3, -0.25) is 9.69 Å². The molecular weight excluding hydrogens is 281 g/mol. The lowest BCUT2D eigenvalue weighted by Crippen LogP contribution is -2.46. The SMILES string of the molecule is Cc1ccc(CNC(=O)CN2CCCCC2CCN)cc1F. The Morgan fingerprint density at radius 3 is 3.00 bits per heavy atom. The fourth-order valence-corrected chi connectivity index (χ4v) is 2.97. The van der Waals surface area contributed by atoms with Gasteiger partial charge in [-0.15, -0.1) is 0 Å². The predicted octanol–water partition coefficient (Wildman–Crippen LogP) is 1.95. The number of hydrogen-bond acceptors (Lipinski definition) is 3. The van der Waals surface area contributed by atoms with Crippen molar-refractivity contribution in [2.45, 2.75) is 45.2 Å². The number of piperidine rings is 1. The molecule has 122 valence electrons. The lowest BCUT2D eigenvalue weighted by molar-refractivity contribution is -0.123. The highest BCUT2D eigenvalue weighted by molar-refractivity contribution is 5.78. The Hall–Kier alpha value is -1.46.